The lowest BCUT2D eigenvalue weighted by Crippen LogP contribution is -2.25. The van der Waals surface area contributed by atoms with Crippen LogP contribution in [0.25, 0.3) is 0 Å². The lowest BCUT2D eigenvalue weighted by atomic mass is 10.1. The normalized spacial score (nSPS) is 12.8. The number of hydrogen-bond acceptors (Lipinski definition) is 2. The zero-order valence-corrected chi connectivity index (χ0v) is 8.63. The zero-order valence-electron chi connectivity index (χ0n) is 8.63. The summed E-state index contributed by atoms with van der Waals surface area (Å²) in [4.78, 5) is 0. The highest BCUT2D eigenvalue weighted by Gasteiger charge is 2.11. The molecule has 0 aliphatic heterocycles. The third-order valence-corrected chi connectivity index (χ3v) is 2.11. The van der Waals surface area contributed by atoms with Crippen molar-refractivity contribution in [3.63, 3.8) is 0 Å². The Kier molecular flexibility index (Phi) is 4.65. The molecule has 0 amide bonds. The fraction of sp³-hybridized carbons (Fsp3) is 0.455. The van der Waals surface area contributed by atoms with Gasteiger partial charge in [-0.3, -0.25) is 0 Å². The average molecular weight is 215 g/mol. The topological polar surface area (TPSA) is 32.3 Å². The first-order valence-electron chi connectivity index (χ1n) is 4.97. The molecule has 1 aromatic rings. The third-order valence-electron chi connectivity index (χ3n) is 2.11. The zero-order chi connectivity index (χ0) is 11.3. The number of halogens is 2. The predicted molar refractivity (Wildman–Crippen MR) is 54.5 cm³/mol. The summed E-state index contributed by atoms with van der Waals surface area (Å²) in [5.41, 5.74) is 0.434. The molecule has 1 rings (SSSR count). The standard InChI is InChI=1S/C11H15F2NO/c1-2-3-14-11(7-15)8-4-9(12)6-10(13)5-8/h4-6,11,14-15H,2-3,7H2,1H3. The van der Waals surface area contributed by atoms with Gasteiger partial charge in [0, 0.05) is 6.07 Å². The first-order chi connectivity index (χ1) is 7.17. The van der Waals surface area contributed by atoms with Crippen molar-refractivity contribution < 1.29 is 13.9 Å². The minimum Gasteiger partial charge on any atom is -0.394 e. The number of nitrogens with one attached hydrogen (secondary N) is 1. The first-order valence-corrected chi connectivity index (χ1v) is 4.97. The van der Waals surface area contributed by atoms with E-state index in [9.17, 15) is 8.78 Å². The molecule has 15 heavy (non-hydrogen) atoms. The minimum absolute atomic E-state index is 0.178. The quantitative estimate of drug-likeness (QED) is 0.787. The van der Waals surface area contributed by atoms with E-state index in [4.69, 9.17) is 5.11 Å². The molecular formula is C11H15F2NO. The smallest absolute Gasteiger partial charge is 0.126 e. The maximum atomic E-state index is 12.9. The van der Waals surface area contributed by atoms with Crippen LogP contribution < -0.4 is 5.32 Å². The van der Waals surface area contributed by atoms with Gasteiger partial charge in [-0.1, -0.05) is 6.92 Å². The number of hydrogen-bond donors (Lipinski definition) is 2. The van der Waals surface area contributed by atoms with Gasteiger partial charge in [0.25, 0.3) is 0 Å². The second-order valence-electron chi connectivity index (χ2n) is 3.39. The van der Waals surface area contributed by atoms with Gasteiger partial charge in [0.05, 0.1) is 12.6 Å². The molecular weight excluding hydrogens is 200 g/mol. The summed E-state index contributed by atoms with van der Waals surface area (Å²) in [5.74, 6) is -1.25. The lowest BCUT2D eigenvalue weighted by molar-refractivity contribution is 0.244. The van der Waals surface area contributed by atoms with E-state index in [0.717, 1.165) is 12.5 Å². The molecule has 0 aliphatic carbocycles. The summed E-state index contributed by atoms with van der Waals surface area (Å²) in [7, 11) is 0. The van der Waals surface area contributed by atoms with Crippen LogP contribution in [0.15, 0.2) is 18.2 Å². The van der Waals surface area contributed by atoms with Crippen molar-refractivity contribution in [2.75, 3.05) is 13.2 Å². The lowest BCUT2D eigenvalue weighted by Gasteiger charge is -2.16. The molecule has 0 saturated heterocycles. The molecule has 0 aromatic heterocycles. The highest BCUT2D eigenvalue weighted by Crippen LogP contribution is 2.15. The van der Waals surface area contributed by atoms with E-state index in [1.807, 2.05) is 6.92 Å². The van der Waals surface area contributed by atoms with Crippen molar-refractivity contribution in [1.82, 2.24) is 5.32 Å². The molecule has 0 aliphatic rings. The fourth-order valence-corrected chi connectivity index (χ4v) is 1.38. The third kappa shape index (κ3) is 3.57. The van der Waals surface area contributed by atoms with Crippen molar-refractivity contribution in [2.24, 2.45) is 0 Å². The van der Waals surface area contributed by atoms with Crippen molar-refractivity contribution in [3.05, 3.63) is 35.4 Å². The van der Waals surface area contributed by atoms with Crippen LogP contribution in [0.1, 0.15) is 24.9 Å². The van der Waals surface area contributed by atoms with Gasteiger partial charge in [-0.05, 0) is 30.7 Å². The molecule has 0 heterocycles. The first kappa shape index (κ1) is 12.1. The Morgan fingerprint density at radius 1 is 1.27 bits per heavy atom. The summed E-state index contributed by atoms with van der Waals surface area (Å²) in [5, 5.41) is 12.1. The molecule has 0 spiro atoms. The summed E-state index contributed by atoms with van der Waals surface area (Å²) < 4.78 is 25.8. The largest absolute Gasteiger partial charge is 0.394 e. The Morgan fingerprint density at radius 2 is 1.87 bits per heavy atom. The van der Waals surface area contributed by atoms with Gasteiger partial charge in [0.15, 0.2) is 0 Å². The van der Waals surface area contributed by atoms with E-state index in [0.29, 0.717) is 12.1 Å². The Hall–Kier alpha value is -1.00. The Balaban J connectivity index is 2.81. The van der Waals surface area contributed by atoms with Crippen molar-refractivity contribution in [3.8, 4) is 0 Å². The van der Waals surface area contributed by atoms with Crippen molar-refractivity contribution in [2.45, 2.75) is 19.4 Å². The van der Waals surface area contributed by atoms with Crippen LogP contribution in [0, 0.1) is 11.6 Å². The summed E-state index contributed by atoms with van der Waals surface area (Å²) in [6.07, 6.45) is 0.897. The van der Waals surface area contributed by atoms with Gasteiger partial charge in [-0.25, -0.2) is 8.78 Å². The summed E-state index contributed by atoms with van der Waals surface area (Å²) in [6.45, 7) is 2.50. The fourth-order valence-electron chi connectivity index (χ4n) is 1.38. The van der Waals surface area contributed by atoms with Gasteiger partial charge in [0.2, 0.25) is 0 Å². The SMILES string of the molecule is CCCNC(CO)c1cc(F)cc(F)c1. The van der Waals surface area contributed by atoms with E-state index >= 15 is 0 Å². The van der Waals surface area contributed by atoms with E-state index in [2.05, 4.69) is 5.32 Å². The van der Waals surface area contributed by atoms with Gasteiger partial charge in [0.1, 0.15) is 11.6 Å². The van der Waals surface area contributed by atoms with Gasteiger partial charge >= 0.3 is 0 Å². The van der Waals surface area contributed by atoms with E-state index in [1.165, 1.54) is 12.1 Å². The molecule has 2 nitrogen and oxygen atoms in total. The van der Waals surface area contributed by atoms with Crippen molar-refractivity contribution in [1.29, 1.82) is 0 Å². The molecule has 84 valence electrons. The summed E-state index contributed by atoms with van der Waals surface area (Å²) in [6, 6.07) is 2.87. The van der Waals surface area contributed by atoms with E-state index in [1.54, 1.807) is 0 Å². The summed E-state index contributed by atoms with van der Waals surface area (Å²) >= 11 is 0. The highest BCUT2D eigenvalue weighted by molar-refractivity contribution is 5.21. The molecule has 0 saturated carbocycles. The van der Waals surface area contributed by atoms with Crippen LogP contribution in [-0.2, 0) is 0 Å². The Labute approximate surface area is 87.9 Å². The van der Waals surface area contributed by atoms with E-state index in [-0.39, 0.29) is 6.61 Å². The maximum Gasteiger partial charge on any atom is 0.126 e. The molecule has 4 heteroatoms. The van der Waals surface area contributed by atoms with Gasteiger partial charge in [-0.2, -0.15) is 0 Å². The number of aliphatic hydroxyl groups excluding tert-OH is 1. The van der Waals surface area contributed by atoms with Crippen molar-refractivity contribution >= 4 is 0 Å². The average Bonchev–Trinajstić information content (AvgIpc) is 2.17. The highest BCUT2D eigenvalue weighted by atomic mass is 19.1. The minimum atomic E-state index is -0.623. The number of aliphatic hydroxyl groups is 1. The molecule has 1 unspecified atom stereocenters. The van der Waals surface area contributed by atoms with Crippen LogP contribution >= 0.6 is 0 Å². The molecule has 1 aromatic carbocycles. The monoisotopic (exact) mass is 215 g/mol. The van der Waals surface area contributed by atoms with Gasteiger partial charge < -0.3 is 10.4 Å². The predicted octanol–water partition coefficient (Wildman–Crippen LogP) is 2.00. The molecule has 0 fully saturated rings. The van der Waals surface area contributed by atoms with Crippen LogP contribution in [0.3, 0.4) is 0 Å². The molecule has 1 atom stereocenters. The Morgan fingerprint density at radius 3 is 2.33 bits per heavy atom. The second kappa shape index (κ2) is 5.78. The van der Waals surface area contributed by atoms with Crippen LogP contribution in [-0.4, -0.2) is 18.3 Å². The molecule has 2 N–H and O–H groups in total. The van der Waals surface area contributed by atoms with Gasteiger partial charge in [-0.15, -0.1) is 0 Å². The van der Waals surface area contributed by atoms with Crippen LogP contribution in [0.5, 0.6) is 0 Å². The van der Waals surface area contributed by atoms with Crippen LogP contribution in [0.2, 0.25) is 0 Å². The van der Waals surface area contributed by atoms with E-state index < -0.39 is 17.7 Å². The van der Waals surface area contributed by atoms with Crippen LogP contribution in [0.4, 0.5) is 8.78 Å². The molecule has 0 radical (unpaired) electrons. The molecule has 0 bridgehead atoms. The maximum absolute atomic E-state index is 12.9. The Bertz CT molecular complexity index is 297. The second-order valence-corrected chi connectivity index (χ2v) is 3.39. The number of benzene rings is 1. The number of rotatable bonds is 5.